The number of aliphatic hydroxyl groups excluding tert-OH is 2. The first kappa shape index (κ1) is 84.5. The third-order valence-electron chi connectivity index (χ3n) is 17.1. The zero-order chi connectivity index (χ0) is 74.8. The number of nitrogens with zero attached hydrogens (tertiary/aromatic N) is 3. The number of primary amides is 1. The SMILES string of the molecule is CC[C@H](C)[C@@H]1NC(=O)[C@@H]2CCCN2C(=O)[C@H](CO)NC(=O)[C@H](CCSC)NC(=O)[C@H](C)NC(=O)[C@H](CC(C)C)NC(=O)[C@@H]2CSSC[C@H](NC(=O)CN)C(=O)N[C@@H](CSSC[C@@H](C(N)=O)NC1=O)C(=O)N[C@@H](CO)C(=O)N[C@@H](Cc1cnc[nH]1)C(=O)N1CCC[C@H]1C(=O)N[C@@H](C(C)C)C(=O)N2. The number of aromatic nitrogens is 2. The number of fused-ring (bicyclic) bond motifs is 10. The van der Waals surface area contributed by atoms with Crippen molar-refractivity contribution in [3.8, 4) is 0 Å². The molecule has 19 N–H and O–H groups in total. The number of carbonyl (C=O) groups is 15. The van der Waals surface area contributed by atoms with E-state index in [-0.39, 0.29) is 68.4 Å². The number of aliphatic hydroxyl groups is 2. The minimum atomic E-state index is -1.82. The second-order valence-corrected chi connectivity index (χ2v) is 31.7. The Labute approximate surface area is 605 Å². The van der Waals surface area contributed by atoms with Crippen LogP contribution in [0.4, 0.5) is 0 Å². The Bertz CT molecular complexity index is 3090. The fourth-order valence-electron chi connectivity index (χ4n) is 11.2. The Kier molecular flexibility index (Phi) is 35.0. The third-order valence-corrected chi connectivity index (χ3v) is 22.6. The molecule has 0 unspecified atom stereocenters. The van der Waals surface area contributed by atoms with E-state index in [2.05, 4.69) is 73.8 Å². The van der Waals surface area contributed by atoms with Gasteiger partial charge < -0.3 is 100 Å². The van der Waals surface area contributed by atoms with Gasteiger partial charge in [0.15, 0.2) is 0 Å². The lowest BCUT2D eigenvalue weighted by molar-refractivity contribution is -0.143. The second kappa shape index (κ2) is 41.9. The highest BCUT2D eigenvalue weighted by Gasteiger charge is 2.44. The van der Waals surface area contributed by atoms with Gasteiger partial charge in [0.05, 0.1) is 26.1 Å². The van der Waals surface area contributed by atoms with Crippen LogP contribution in [0.1, 0.15) is 99.1 Å². The molecule has 0 spiro atoms. The first-order chi connectivity index (χ1) is 48.0. The maximum absolute atomic E-state index is 14.8. The molecule has 4 aliphatic heterocycles. The maximum Gasteiger partial charge on any atom is 0.248 e. The van der Waals surface area contributed by atoms with Gasteiger partial charge in [-0.15, -0.1) is 0 Å². The largest absolute Gasteiger partial charge is 0.394 e. The van der Waals surface area contributed by atoms with Crippen molar-refractivity contribution in [2.24, 2.45) is 29.2 Å². The molecule has 1 aromatic heterocycles. The Morgan fingerprint density at radius 2 is 1.11 bits per heavy atom. The molecule has 101 heavy (non-hydrogen) atoms. The van der Waals surface area contributed by atoms with Gasteiger partial charge in [-0.25, -0.2) is 4.98 Å². The lowest BCUT2D eigenvalue weighted by Crippen LogP contribution is -2.62. The number of hydrogen-bond donors (Lipinski definition) is 17. The van der Waals surface area contributed by atoms with Crippen LogP contribution in [0.5, 0.6) is 0 Å². The normalized spacial score (nSPS) is 29.1. The quantitative estimate of drug-likeness (QED) is 0.0729. The fraction of sp³-hybridized carbons (Fsp3) is 0.705. The van der Waals surface area contributed by atoms with Gasteiger partial charge in [0.25, 0.3) is 0 Å². The standard InChI is InChI=1S/C61H98N18O17S5/c1-9-31(6)47-59(94)73-39(48(63)83)24-98-100-26-41-55(90)71-37(22-80)52(87)70-36(19-33-21-64-28-65-33)60(95)78-15-10-12-43(78)56(91)76-46(30(4)5)58(93)75-42(27-101-99-25-40(53(88)74-41)67-45(82)20-62)54(89)69-35(18-29(2)3)51(86)66-32(7)49(84)68-34(14-17-97-8)50(85)72-38(23-81)61(96)79-16-11-13-44(79)57(92)77-47/h21,28-32,34-44,46-47,80-81H,9-20,22-27,62H2,1-8H3,(H2,63,83)(H,64,65)(H,66,86)(H,67,82)(H,68,84)(H,69,89)(H,70,87)(H,71,90)(H,72,85)(H,73,94)(H,74,88)(H,75,93)(H,76,91)(H,77,92)/t31-,32-,34-,35-,36-,37-,38-,39-,40-,41-,42-,43-,44-,46-,47-/m0/s1. The van der Waals surface area contributed by atoms with Crippen LogP contribution in [0, 0.1) is 17.8 Å². The molecule has 5 rings (SSSR count). The molecule has 0 aliphatic carbocycles. The van der Waals surface area contributed by atoms with Crippen LogP contribution < -0.4 is 75.3 Å². The summed E-state index contributed by atoms with van der Waals surface area (Å²) in [5.74, 6) is -16.1. The Morgan fingerprint density at radius 1 is 0.604 bits per heavy atom. The minimum Gasteiger partial charge on any atom is -0.394 e. The molecule has 0 aromatic carbocycles. The van der Waals surface area contributed by atoms with E-state index in [4.69, 9.17) is 11.5 Å². The molecule has 15 amide bonds. The summed E-state index contributed by atoms with van der Waals surface area (Å²) in [5.41, 5.74) is 11.9. The Balaban J connectivity index is 1.64. The number of thioether (sulfide) groups is 1. The van der Waals surface area contributed by atoms with Crippen molar-refractivity contribution < 1.29 is 82.1 Å². The van der Waals surface area contributed by atoms with Crippen LogP contribution in [-0.4, -0.2) is 271 Å². The van der Waals surface area contributed by atoms with Gasteiger partial charge >= 0.3 is 0 Å². The van der Waals surface area contributed by atoms with Crippen molar-refractivity contribution in [2.75, 3.05) is 67.9 Å². The van der Waals surface area contributed by atoms with E-state index in [1.807, 2.05) is 0 Å². The number of nitrogens with one attached hydrogen (secondary N) is 13. The second-order valence-electron chi connectivity index (χ2n) is 25.6. The molecule has 4 aliphatic rings. The predicted octanol–water partition coefficient (Wildman–Crippen LogP) is -5.51. The zero-order valence-electron chi connectivity index (χ0n) is 57.8. The summed E-state index contributed by atoms with van der Waals surface area (Å²) in [6.45, 7) is 8.84. The van der Waals surface area contributed by atoms with Gasteiger partial charge in [0, 0.05) is 54.4 Å². The van der Waals surface area contributed by atoms with Gasteiger partial charge in [-0.2, -0.15) is 11.8 Å². The van der Waals surface area contributed by atoms with Crippen molar-refractivity contribution in [2.45, 2.75) is 184 Å². The summed E-state index contributed by atoms with van der Waals surface area (Å²) >= 11 is 1.33. The average Bonchev–Trinajstić information content (AvgIpc) is 1.75. The number of amides is 15. The minimum absolute atomic E-state index is 0.0000365. The molecule has 5 heterocycles. The van der Waals surface area contributed by atoms with E-state index < -0.39 is 211 Å². The first-order valence-electron chi connectivity index (χ1n) is 33.4. The van der Waals surface area contributed by atoms with Crippen LogP contribution in [0.25, 0.3) is 0 Å². The lowest BCUT2D eigenvalue weighted by atomic mass is 9.97. The topological polar surface area (TPSA) is 528 Å². The molecule has 35 nitrogen and oxygen atoms in total. The van der Waals surface area contributed by atoms with Crippen LogP contribution in [0.2, 0.25) is 0 Å². The maximum atomic E-state index is 14.8. The van der Waals surface area contributed by atoms with Crippen LogP contribution >= 0.6 is 54.9 Å². The number of imidazole rings is 1. The van der Waals surface area contributed by atoms with E-state index >= 15 is 0 Å². The van der Waals surface area contributed by atoms with E-state index in [0.717, 1.165) is 48.1 Å². The molecule has 4 saturated heterocycles. The highest BCUT2D eigenvalue weighted by Crippen LogP contribution is 2.27. The number of aromatic amines is 1. The highest BCUT2D eigenvalue weighted by molar-refractivity contribution is 8.77. The summed E-state index contributed by atoms with van der Waals surface area (Å²) in [7, 11) is 3.58. The van der Waals surface area contributed by atoms with Gasteiger partial charge in [0.2, 0.25) is 88.6 Å². The van der Waals surface area contributed by atoms with Crippen LogP contribution in [0.15, 0.2) is 12.5 Å². The molecule has 4 fully saturated rings. The van der Waals surface area contributed by atoms with E-state index in [1.165, 1.54) is 36.1 Å². The predicted molar refractivity (Wildman–Crippen MR) is 380 cm³/mol. The van der Waals surface area contributed by atoms with Gasteiger partial charge in [0.1, 0.15) is 84.6 Å². The van der Waals surface area contributed by atoms with Crippen molar-refractivity contribution in [3.63, 3.8) is 0 Å². The monoisotopic (exact) mass is 1510 g/mol. The molecule has 40 heteroatoms. The number of nitrogens with two attached hydrogens (primary N) is 2. The average molecular weight is 1520 g/mol. The van der Waals surface area contributed by atoms with Crippen molar-refractivity contribution in [1.29, 1.82) is 0 Å². The Hall–Kier alpha value is -7.11. The van der Waals surface area contributed by atoms with Crippen LogP contribution in [-0.2, 0) is 78.3 Å². The van der Waals surface area contributed by atoms with Gasteiger partial charge in [-0.1, -0.05) is 91.1 Å². The van der Waals surface area contributed by atoms with E-state index in [1.54, 1.807) is 47.8 Å². The molecule has 0 radical (unpaired) electrons. The third kappa shape index (κ3) is 25.4. The lowest BCUT2D eigenvalue weighted by Gasteiger charge is -2.31. The molecule has 1 aromatic rings. The molecule has 15 atom stereocenters. The fourth-order valence-corrected chi connectivity index (χ4v) is 16.3. The zero-order valence-corrected chi connectivity index (χ0v) is 61.8. The summed E-state index contributed by atoms with van der Waals surface area (Å²) in [6, 6.07) is -20.4. The van der Waals surface area contributed by atoms with Crippen LogP contribution in [0.3, 0.4) is 0 Å². The molecule has 0 saturated carbocycles. The molecule has 2 bridgehead atoms. The van der Waals surface area contributed by atoms with Crippen molar-refractivity contribution in [3.05, 3.63) is 18.2 Å². The smallest absolute Gasteiger partial charge is 0.248 e. The molecular weight excluding hydrogens is 1420 g/mol. The number of hydrogen-bond acceptors (Lipinski definition) is 24. The van der Waals surface area contributed by atoms with Crippen molar-refractivity contribution >= 4 is 144 Å². The summed E-state index contributed by atoms with van der Waals surface area (Å²) in [5, 5.41) is 52.5. The van der Waals surface area contributed by atoms with E-state index in [9.17, 15) is 82.1 Å². The first-order valence-corrected chi connectivity index (χ1v) is 39.7. The summed E-state index contributed by atoms with van der Waals surface area (Å²) in [4.78, 5) is 223. The van der Waals surface area contributed by atoms with Gasteiger partial charge in [-0.05, 0) is 75.2 Å². The highest BCUT2D eigenvalue weighted by atomic mass is 33.1. The number of rotatable bonds is 15. The summed E-state index contributed by atoms with van der Waals surface area (Å²) in [6.07, 6.45) is 5.29. The number of H-pyrrole nitrogens is 1. The van der Waals surface area contributed by atoms with E-state index in [0.29, 0.717) is 30.7 Å². The molecule has 564 valence electrons. The number of carbonyl (C=O) groups excluding carboxylic acids is 15. The Morgan fingerprint density at radius 3 is 1.64 bits per heavy atom. The van der Waals surface area contributed by atoms with Gasteiger partial charge in [-0.3, -0.25) is 71.9 Å². The molecular formula is C61H98N18O17S5. The van der Waals surface area contributed by atoms with Crippen molar-refractivity contribution in [1.82, 2.24) is 83.6 Å². The summed E-state index contributed by atoms with van der Waals surface area (Å²) < 4.78 is 0.